The quantitative estimate of drug-likeness (QED) is 0.464. The minimum Gasteiger partial charge on any atom is -0.337 e. The van der Waals surface area contributed by atoms with Crippen molar-refractivity contribution in [3.05, 3.63) is 77.1 Å². The van der Waals surface area contributed by atoms with E-state index in [9.17, 15) is 4.79 Å². The zero-order chi connectivity index (χ0) is 23.4. The second-order valence-electron chi connectivity index (χ2n) is 8.84. The number of hydrogen-bond acceptors (Lipinski definition) is 5. The average molecular weight is 464 g/mol. The third kappa shape index (κ3) is 5.31. The van der Waals surface area contributed by atoms with Gasteiger partial charge in [-0.05, 0) is 50.6 Å². The first-order valence-corrected chi connectivity index (χ1v) is 12.5. The SMILES string of the molecule is CC[C@H](c1nnc(S[C@H](C)C(=O)N2CCc3ccccc3C2)n1Cc1ccccc1)N(C)C. The Balaban J connectivity index is 1.55. The number of fused-ring (bicyclic) bond motifs is 1. The molecule has 2 heterocycles. The van der Waals surface area contributed by atoms with Crippen molar-refractivity contribution in [1.82, 2.24) is 24.6 Å². The molecule has 0 aliphatic carbocycles. The molecule has 0 unspecified atom stereocenters. The summed E-state index contributed by atoms with van der Waals surface area (Å²) in [7, 11) is 4.14. The lowest BCUT2D eigenvalue weighted by Crippen LogP contribution is -2.40. The summed E-state index contributed by atoms with van der Waals surface area (Å²) in [4.78, 5) is 17.5. The van der Waals surface area contributed by atoms with Crippen LogP contribution in [0.1, 0.15) is 48.8 Å². The number of aromatic nitrogens is 3. The summed E-state index contributed by atoms with van der Waals surface area (Å²) in [5, 5.41) is 9.69. The van der Waals surface area contributed by atoms with Crippen molar-refractivity contribution < 1.29 is 4.79 Å². The number of hydrogen-bond donors (Lipinski definition) is 0. The molecule has 7 heteroatoms. The molecule has 3 aromatic rings. The number of carbonyl (C=O) groups is 1. The molecule has 0 saturated carbocycles. The summed E-state index contributed by atoms with van der Waals surface area (Å²) < 4.78 is 2.18. The van der Waals surface area contributed by atoms with Crippen molar-refractivity contribution in [2.24, 2.45) is 0 Å². The lowest BCUT2D eigenvalue weighted by Gasteiger charge is -2.30. The Bertz CT molecular complexity index is 1080. The summed E-state index contributed by atoms with van der Waals surface area (Å²) in [6, 6.07) is 18.9. The van der Waals surface area contributed by atoms with E-state index in [0.29, 0.717) is 13.1 Å². The summed E-state index contributed by atoms with van der Waals surface area (Å²) in [5.74, 6) is 1.10. The second kappa shape index (κ2) is 10.5. The Morgan fingerprint density at radius 3 is 2.45 bits per heavy atom. The Kier molecular flexibility index (Phi) is 7.50. The molecule has 1 aromatic heterocycles. The minimum atomic E-state index is -0.235. The molecule has 0 saturated heterocycles. The van der Waals surface area contributed by atoms with Crippen LogP contribution in [0.15, 0.2) is 59.8 Å². The first-order chi connectivity index (χ1) is 16.0. The lowest BCUT2D eigenvalue weighted by molar-refractivity contribution is -0.131. The topological polar surface area (TPSA) is 54.3 Å². The number of carbonyl (C=O) groups excluding carboxylic acids is 1. The molecule has 4 rings (SSSR count). The predicted molar refractivity (Wildman–Crippen MR) is 133 cm³/mol. The Hall–Kier alpha value is -2.64. The fraction of sp³-hybridized carbons (Fsp3) is 0.423. The normalized spacial score (nSPS) is 15.4. The van der Waals surface area contributed by atoms with Crippen LogP contribution in [0.4, 0.5) is 0 Å². The molecule has 1 amide bonds. The van der Waals surface area contributed by atoms with Crippen LogP contribution in [0.5, 0.6) is 0 Å². The second-order valence-corrected chi connectivity index (χ2v) is 10.1. The third-order valence-corrected chi connectivity index (χ3v) is 7.38. The van der Waals surface area contributed by atoms with Gasteiger partial charge < -0.3 is 9.47 Å². The van der Waals surface area contributed by atoms with Crippen molar-refractivity contribution in [2.75, 3.05) is 20.6 Å². The van der Waals surface area contributed by atoms with Gasteiger partial charge in [0.1, 0.15) is 0 Å². The lowest BCUT2D eigenvalue weighted by atomic mass is 10.00. The molecule has 174 valence electrons. The van der Waals surface area contributed by atoms with E-state index in [4.69, 9.17) is 0 Å². The Labute approximate surface area is 201 Å². The highest BCUT2D eigenvalue weighted by Gasteiger charge is 2.28. The van der Waals surface area contributed by atoms with Gasteiger partial charge in [-0.15, -0.1) is 10.2 Å². The van der Waals surface area contributed by atoms with Gasteiger partial charge in [-0.3, -0.25) is 9.69 Å². The third-order valence-electron chi connectivity index (χ3n) is 6.31. The van der Waals surface area contributed by atoms with Crippen molar-refractivity contribution in [3.8, 4) is 0 Å². The highest BCUT2D eigenvalue weighted by Crippen LogP contribution is 2.30. The van der Waals surface area contributed by atoms with Gasteiger partial charge in [-0.25, -0.2) is 0 Å². The molecule has 1 aliphatic rings. The monoisotopic (exact) mass is 463 g/mol. The van der Waals surface area contributed by atoms with Crippen LogP contribution >= 0.6 is 11.8 Å². The summed E-state index contributed by atoms with van der Waals surface area (Å²) in [6.45, 7) is 6.28. The standard InChI is InChI=1S/C26H33N5OS/c1-5-23(29(3)4)24-27-28-26(31(24)17-20-11-7-6-8-12-20)33-19(2)25(32)30-16-15-21-13-9-10-14-22(21)18-30/h6-14,19,23H,5,15-18H2,1-4H3/t19-,23-/m1/s1. The molecule has 1 aliphatic heterocycles. The van der Waals surface area contributed by atoms with Crippen LogP contribution in [0.2, 0.25) is 0 Å². The van der Waals surface area contributed by atoms with E-state index in [1.165, 1.54) is 28.5 Å². The van der Waals surface area contributed by atoms with E-state index >= 15 is 0 Å². The van der Waals surface area contributed by atoms with Gasteiger partial charge in [-0.1, -0.05) is 73.3 Å². The number of benzene rings is 2. The molecule has 33 heavy (non-hydrogen) atoms. The van der Waals surface area contributed by atoms with Crippen molar-refractivity contribution >= 4 is 17.7 Å². The average Bonchev–Trinajstić information content (AvgIpc) is 3.20. The fourth-order valence-electron chi connectivity index (χ4n) is 4.48. The molecule has 0 fully saturated rings. The van der Waals surface area contributed by atoms with E-state index in [-0.39, 0.29) is 17.2 Å². The first kappa shape index (κ1) is 23.5. The molecule has 0 bridgehead atoms. The molecule has 0 radical (unpaired) electrons. The van der Waals surface area contributed by atoms with Gasteiger partial charge in [0, 0.05) is 13.1 Å². The molecule has 0 N–H and O–H groups in total. The largest absolute Gasteiger partial charge is 0.337 e. The van der Waals surface area contributed by atoms with Crippen molar-refractivity contribution in [1.29, 1.82) is 0 Å². The first-order valence-electron chi connectivity index (χ1n) is 11.6. The maximum absolute atomic E-state index is 13.3. The van der Waals surface area contributed by atoms with Gasteiger partial charge in [0.25, 0.3) is 0 Å². The fourth-order valence-corrected chi connectivity index (χ4v) is 5.42. The van der Waals surface area contributed by atoms with E-state index in [1.807, 2.05) is 24.0 Å². The predicted octanol–water partition coefficient (Wildman–Crippen LogP) is 4.40. The molecule has 2 atom stereocenters. The maximum atomic E-state index is 13.3. The highest BCUT2D eigenvalue weighted by atomic mass is 32.2. The zero-order valence-corrected chi connectivity index (χ0v) is 20.8. The molecule has 0 spiro atoms. The van der Waals surface area contributed by atoms with Crippen LogP contribution in [-0.4, -0.2) is 56.4 Å². The summed E-state index contributed by atoms with van der Waals surface area (Å²) >= 11 is 1.51. The van der Waals surface area contributed by atoms with Gasteiger partial charge in [0.05, 0.1) is 17.8 Å². The number of rotatable bonds is 8. The van der Waals surface area contributed by atoms with Crippen LogP contribution in [0.25, 0.3) is 0 Å². The number of thioether (sulfide) groups is 1. The van der Waals surface area contributed by atoms with Gasteiger partial charge in [0.2, 0.25) is 5.91 Å². The molecular weight excluding hydrogens is 430 g/mol. The number of nitrogens with zero attached hydrogens (tertiary/aromatic N) is 5. The maximum Gasteiger partial charge on any atom is 0.236 e. The van der Waals surface area contributed by atoms with Crippen LogP contribution in [-0.2, 0) is 24.3 Å². The van der Waals surface area contributed by atoms with E-state index in [0.717, 1.165) is 30.4 Å². The highest BCUT2D eigenvalue weighted by molar-refractivity contribution is 8.00. The Morgan fingerprint density at radius 1 is 1.06 bits per heavy atom. The molecular formula is C26H33N5OS. The number of amides is 1. The molecule has 2 aromatic carbocycles. The van der Waals surface area contributed by atoms with Crippen LogP contribution in [0, 0.1) is 0 Å². The summed E-state index contributed by atoms with van der Waals surface area (Å²) in [6.07, 6.45) is 1.85. The van der Waals surface area contributed by atoms with Gasteiger partial charge >= 0.3 is 0 Å². The van der Waals surface area contributed by atoms with Crippen molar-refractivity contribution in [2.45, 2.75) is 56.2 Å². The van der Waals surface area contributed by atoms with E-state index in [1.54, 1.807) is 0 Å². The van der Waals surface area contributed by atoms with E-state index < -0.39 is 0 Å². The smallest absolute Gasteiger partial charge is 0.236 e. The van der Waals surface area contributed by atoms with Gasteiger partial charge in [-0.2, -0.15) is 0 Å². The molecule has 6 nitrogen and oxygen atoms in total. The minimum absolute atomic E-state index is 0.157. The van der Waals surface area contributed by atoms with Crippen molar-refractivity contribution in [3.63, 3.8) is 0 Å². The van der Waals surface area contributed by atoms with Gasteiger partial charge in [0.15, 0.2) is 11.0 Å². The van der Waals surface area contributed by atoms with E-state index in [2.05, 4.69) is 83.1 Å². The Morgan fingerprint density at radius 2 is 1.76 bits per heavy atom. The van der Waals surface area contributed by atoms with Crippen LogP contribution < -0.4 is 0 Å². The summed E-state index contributed by atoms with van der Waals surface area (Å²) in [5.41, 5.74) is 3.80. The zero-order valence-electron chi connectivity index (χ0n) is 19.9. The van der Waals surface area contributed by atoms with Crippen LogP contribution in [0.3, 0.4) is 0 Å².